The molecule has 0 radical (unpaired) electrons. The zero-order valence-corrected chi connectivity index (χ0v) is 70.3. The van der Waals surface area contributed by atoms with Crippen molar-refractivity contribution in [2.45, 2.75) is 0 Å². The Balaban J connectivity index is 0.000000105. The smallest absolute Gasteiger partial charge is 0.143 e. The van der Waals surface area contributed by atoms with Gasteiger partial charge in [0.15, 0.2) is 0 Å². The molecule has 0 aliphatic carbocycles. The van der Waals surface area contributed by atoms with Crippen molar-refractivity contribution in [2.75, 3.05) is 0 Å². The van der Waals surface area contributed by atoms with Gasteiger partial charge >= 0.3 is 0 Å². The lowest BCUT2D eigenvalue weighted by molar-refractivity contribution is 0.669. The average Bonchev–Trinajstić information content (AvgIpc) is 1.54. The van der Waals surface area contributed by atoms with Crippen LogP contribution in [0.25, 0.3) is 263 Å². The van der Waals surface area contributed by atoms with Crippen molar-refractivity contribution < 1.29 is 13.3 Å². The first kappa shape index (κ1) is 74.6. The van der Waals surface area contributed by atoms with E-state index in [4.69, 9.17) is 13.3 Å². The minimum atomic E-state index is 0.914. The highest BCUT2D eigenvalue weighted by atomic mass is 16.3. The van der Waals surface area contributed by atoms with Crippen molar-refractivity contribution in [3.05, 3.63) is 473 Å². The van der Waals surface area contributed by atoms with Crippen LogP contribution in [-0.4, -0.2) is 0 Å². The highest BCUT2D eigenvalue weighted by Gasteiger charge is 2.25. The molecule has 0 fully saturated rings. The van der Waals surface area contributed by atoms with Crippen LogP contribution in [0.4, 0.5) is 0 Å². The lowest BCUT2D eigenvalue weighted by Crippen LogP contribution is -1.91. The van der Waals surface area contributed by atoms with E-state index in [1.54, 1.807) is 0 Å². The average molecular weight is 1640 g/mol. The van der Waals surface area contributed by atoms with E-state index in [0.717, 1.165) is 66.2 Å². The molecule has 0 saturated carbocycles. The summed E-state index contributed by atoms with van der Waals surface area (Å²) in [5, 5.41) is 29.4. The molecule has 27 aromatic rings. The Hall–Kier alpha value is -17.0. The van der Waals surface area contributed by atoms with Crippen LogP contribution < -0.4 is 0 Å². The number of para-hydroxylation sites is 1. The third-order valence-electron chi connectivity index (χ3n) is 26.5. The van der Waals surface area contributed by atoms with E-state index in [1.807, 2.05) is 0 Å². The minimum absolute atomic E-state index is 0.914. The molecule has 0 atom stereocenters. The fraction of sp³-hybridized carbons (Fsp3) is 0. The molecule has 27 rings (SSSR count). The maximum absolute atomic E-state index is 6.70. The number of furan rings is 3. The Morgan fingerprint density at radius 2 is 0.395 bits per heavy atom. The SMILES string of the molecule is c1ccc(-c2c3ccccc3c(-c3cccc(-c4ccc5oc6ccc7ccccc7c6c5c4)c3)c3ccccc23)cc1.c1ccc(-c2c3ccccc3c(-c3cccc(-c4cccc5c4oc4c6ccccc6ccc54)c3)c3ccccc23)cc1.c1ccc(-c2c3ccccc3c(-c3cccc(-c4cccc5oc6ccc7ccccc7c6c45)c3)c3ccccc23)cc1. The fourth-order valence-electron chi connectivity index (χ4n) is 20.9. The monoisotopic (exact) mass is 1640 g/mol. The Labute approximate surface area is 744 Å². The zero-order chi connectivity index (χ0) is 85.0. The third-order valence-corrected chi connectivity index (χ3v) is 26.5. The van der Waals surface area contributed by atoms with Crippen LogP contribution in [0.15, 0.2) is 486 Å². The second-order valence-electron chi connectivity index (χ2n) is 33.7. The van der Waals surface area contributed by atoms with E-state index in [1.165, 1.54) is 197 Å². The van der Waals surface area contributed by atoms with Gasteiger partial charge in [-0.05, 0) is 241 Å². The molecule has 0 amide bonds. The van der Waals surface area contributed by atoms with Gasteiger partial charge in [0.05, 0.1) is 0 Å². The van der Waals surface area contributed by atoms with Gasteiger partial charge in [0.2, 0.25) is 0 Å². The molecule has 129 heavy (non-hydrogen) atoms. The van der Waals surface area contributed by atoms with Gasteiger partial charge in [0.1, 0.15) is 33.5 Å². The van der Waals surface area contributed by atoms with E-state index in [-0.39, 0.29) is 0 Å². The highest BCUT2D eigenvalue weighted by Crippen LogP contribution is 2.51. The first-order valence-electron chi connectivity index (χ1n) is 44.3. The summed E-state index contributed by atoms with van der Waals surface area (Å²) in [6.45, 7) is 0. The molecule has 0 unspecified atom stereocenters. The van der Waals surface area contributed by atoms with Gasteiger partial charge in [-0.25, -0.2) is 0 Å². The molecule has 3 heteroatoms. The van der Waals surface area contributed by atoms with E-state index < -0.39 is 0 Å². The number of rotatable bonds is 9. The molecule has 0 aliphatic heterocycles. The van der Waals surface area contributed by atoms with Gasteiger partial charge in [0.25, 0.3) is 0 Å². The normalized spacial score (nSPS) is 11.7. The van der Waals surface area contributed by atoms with Crippen LogP contribution in [-0.2, 0) is 0 Å². The Kier molecular flexibility index (Phi) is 18.0. The quantitative estimate of drug-likeness (QED) is 0.135. The molecule has 0 saturated heterocycles. The minimum Gasteiger partial charge on any atom is -0.456 e. The van der Waals surface area contributed by atoms with Crippen molar-refractivity contribution >= 4 is 163 Å². The molecule has 3 nitrogen and oxygen atoms in total. The van der Waals surface area contributed by atoms with Crippen LogP contribution in [0.2, 0.25) is 0 Å². The summed E-state index contributed by atoms with van der Waals surface area (Å²) in [7, 11) is 0. The van der Waals surface area contributed by atoms with Crippen molar-refractivity contribution in [3.8, 4) is 100 Å². The summed E-state index contributed by atoms with van der Waals surface area (Å²) < 4.78 is 19.4. The second-order valence-corrected chi connectivity index (χ2v) is 33.7. The molecule has 24 aromatic carbocycles. The van der Waals surface area contributed by atoms with Gasteiger partial charge in [-0.15, -0.1) is 0 Å². The molecule has 0 aliphatic rings. The van der Waals surface area contributed by atoms with E-state index >= 15 is 0 Å². The first-order valence-corrected chi connectivity index (χ1v) is 44.3. The third kappa shape index (κ3) is 12.6. The molecule has 0 bridgehead atoms. The number of benzene rings is 24. The number of hydrogen-bond acceptors (Lipinski definition) is 3. The van der Waals surface area contributed by atoms with Gasteiger partial charge in [-0.3, -0.25) is 0 Å². The Bertz CT molecular complexity index is 9020. The van der Waals surface area contributed by atoms with E-state index in [2.05, 4.69) is 473 Å². The molecule has 0 spiro atoms. The molecule has 3 aromatic heterocycles. The number of hydrogen-bond donors (Lipinski definition) is 0. The predicted molar refractivity (Wildman–Crippen MR) is 548 cm³/mol. The van der Waals surface area contributed by atoms with Crippen molar-refractivity contribution in [3.63, 3.8) is 0 Å². The van der Waals surface area contributed by atoms with Crippen LogP contribution in [0, 0.1) is 0 Å². The zero-order valence-electron chi connectivity index (χ0n) is 70.3. The first-order chi connectivity index (χ1) is 64.0. The van der Waals surface area contributed by atoms with Gasteiger partial charge < -0.3 is 13.3 Å². The molecule has 3 heterocycles. The topological polar surface area (TPSA) is 39.4 Å². The van der Waals surface area contributed by atoms with Crippen molar-refractivity contribution in [1.29, 1.82) is 0 Å². The maximum Gasteiger partial charge on any atom is 0.143 e. The van der Waals surface area contributed by atoms with E-state index in [9.17, 15) is 0 Å². The molecular weight excluding hydrogens is 1560 g/mol. The number of fused-ring (bicyclic) bond motifs is 21. The van der Waals surface area contributed by atoms with Crippen molar-refractivity contribution in [1.82, 2.24) is 0 Å². The summed E-state index contributed by atoms with van der Waals surface area (Å²) in [6, 6.07) is 170. The summed E-state index contributed by atoms with van der Waals surface area (Å²) in [5.74, 6) is 0. The largest absolute Gasteiger partial charge is 0.456 e. The summed E-state index contributed by atoms with van der Waals surface area (Å²) in [5.41, 5.74) is 27.5. The Morgan fingerprint density at radius 1 is 0.116 bits per heavy atom. The standard InChI is InChI=1S/3C42H26O/c1-2-13-28(14-3-1)39-33-18-6-8-20-35(33)40(36-21-9-7-19-34(36)39)30-16-10-15-29(26-30)32-22-11-23-37-42(32)41-31-17-5-4-12-27(31)24-25-38(41)43-37;1-2-13-28(14-3-1)39-33-18-6-8-20-35(33)40(36-21-9-7-19-34(36)39)30-16-10-15-29(26-30)32-22-11-23-37-38-25-24-27-12-4-5-17-31(27)41(38)43-42(32)37;1-2-12-28(13-3-1)40-33-17-6-8-19-35(33)41(36-20-9-7-18-34(36)40)31-15-10-14-29(25-31)30-22-23-38-37(26-30)42-32-16-5-4-11-27(32)21-24-39(42)43-38/h3*1-26H. The fourth-order valence-corrected chi connectivity index (χ4v) is 20.9. The van der Waals surface area contributed by atoms with Crippen LogP contribution >= 0.6 is 0 Å². The lowest BCUT2D eigenvalue weighted by atomic mass is 9.85. The van der Waals surface area contributed by atoms with Crippen molar-refractivity contribution in [2.24, 2.45) is 0 Å². The summed E-state index contributed by atoms with van der Waals surface area (Å²) in [4.78, 5) is 0. The van der Waals surface area contributed by atoms with Crippen LogP contribution in [0.5, 0.6) is 0 Å². The van der Waals surface area contributed by atoms with Gasteiger partial charge in [-0.2, -0.15) is 0 Å². The van der Waals surface area contributed by atoms with Gasteiger partial charge in [-0.1, -0.05) is 419 Å². The maximum atomic E-state index is 6.70. The summed E-state index contributed by atoms with van der Waals surface area (Å²) in [6.07, 6.45) is 0. The predicted octanol–water partition coefficient (Wildman–Crippen LogP) is 36.1. The second kappa shape index (κ2) is 31.1. The van der Waals surface area contributed by atoms with E-state index in [0.29, 0.717) is 0 Å². The molecule has 600 valence electrons. The highest BCUT2D eigenvalue weighted by molar-refractivity contribution is 6.28. The molecular formula is C126H78O3. The van der Waals surface area contributed by atoms with Gasteiger partial charge in [0, 0.05) is 43.3 Å². The Morgan fingerprint density at radius 3 is 0.853 bits per heavy atom. The lowest BCUT2D eigenvalue weighted by Gasteiger charge is -2.18. The van der Waals surface area contributed by atoms with Crippen LogP contribution in [0.1, 0.15) is 0 Å². The van der Waals surface area contributed by atoms with Crippen LogP contribution in [0.3, 0.4) is 0 Å². The molecule has 0 N–H and O–H groups in total. The summed E-state index contributed by atoms with van der Waals surface area (Å²) >= 11 is 0.